The van der Waals surface area contributed by atoms with Gasteiger partial charge in [-0.3, -0.25) is 19.3 Å². The molecule has 1 aliphatic rings. The van der Waals surface area contributed by atoms with Crippen molar-refractivity contribution in [2.75, 3.05) is 33.7 Å². The molecule has 2 aromatic rings. The quantitative estimate of drug-likeness (QED) is 0.704. The molecule has 162 valence electrons. The van der Waals surface area contributed by atoms with Crippen molar-refractivity contribution in [3.63, 3.8) is 0 Å². The monoisotopic (exact) mass is 412 g/mol. The smallest absolute Gasteiger partial charge is 0.226 e. The van der Waals surface area contributed by atoms with Crippen LogP contribution in [0.2, 0.25) is 0 Å². The lowest BCUT2D eigenvalue weighted by atomic mass is 10.00. The average molecular weight is 413 g/mol. The summed E-state index contributed by atoms with van der Waals surface area (Å²) in [6.45, 7) is 2.99. The number of rotatable bonds is 8. The third kappa shape index (κ3) is 6.66. The first kappa shape index (κ1) is 22.0. The SMILES string of the molecule is CN1C[C@@H](NC(=O)Cc2cccnc2)CC[C@@H](C(=O)N(C)CCCn2cccn2)C1. The summed E-state index contributed by atoms with van der Waals surface area (Å²) >= 11 is 0. The van der Waals surface area contributed by atoms with Gasteiger partial charge in [-0.25, -0.2) is 0 Å². The zero-order valence-corrected chi connectivity index (χ0v) is 17.9. The number of nitrogens with zero attached hydrogens (tertiary/aromatic N) is 5. The number of aryl methyl sites for hydroxylation is 1. The van der Waals surface area contributed by atoms with Crippen LogP contribution in [0.1, 0.15) is 24.8 Å². The second kappa shape index (κ2) is 10.9. The summed E-state index contributed by atoms with van der Waals surface area (Å²) < 4.78 is 1.89. The number of pyridine rings is 1. The first-order valence-electron chi connectivity index (χ1n) is 10.6. The van der Waals surface area contributed by atoms with Gasteiger partial charge in [-0.2, -0.15) is 5.10 Å². The minimum atomic E-state index is -0.0371. The Hall–Kier alpha value is -2.74. The molecule has 2 atom stereocenters. The molecule has 8 nitrogen and oxygen atoms in total. The normalized spacial score (nSPS) is 19.8. The third-order valence-electron chi connectivity index (χ3n) is 5.55. The van der Waals surface area contributed by atoms with Crippen molar-refractivity contribution < 1.29 is 9.59 Å². The molecule has 30 heavy (non-hydrogen) atoms. The summed E-state index contributed by atoms with van der Waals surface area (Å²) in [5, 5.41) is 7.33. The summed E-state index contributed by atoms with van der Waals surface area (Å²) in [7, 11) is 3.90. The number of carbonyl (C=O) groups excluding carboxylic acids is 2. The zero-order valence-electron chi connectivity index (χ0n) is 17.9. The van der Waals surface area contributed by atoms with Gasteiger partial charge in [-0.05, 0) is 44.0 Å². The lowest BCUT2D eigenvalue weighted by Gasteiger charge is -2.25. The Morgan fingerprint density at radius 1 is 1.23 bits per heavy atom. The topological polar surface area (TPSA) is 83.4 Å². The van der Waals surface area contributed by atoms with Gasteiger partial charge in [-0.15, -0.1) is 0 Å². The minimum absolute atomic E-state index is 0.00177. The first-order valence-corrected chi connectivity index (χ1v) is 10.6. The molecule has 1 saturated heterocycles. The van der Waals surface area contributed by atoms with Crippen molar-refractivity contribution >= 4 is 11.8 Å². The van der Waals surface area contributed by atoms with Crippen LogP contribution < -0.4 is 5.32 Å². The highest BCUT2D eigenvalue weighted by molar-refractivity contribution is 5.79. The van der Waals surface area contributed by atoms with Crippen LogP contribution in [0.5, 0.6) is 0 Å². The fraction of sp³-hybridized carbons (Fsp3) is 0.545. The van der Waals surface area contributed by atoms with E-state index in [0.29, 0.717) is 13.0 Å². The Balaban J connectivity index is 1.45. The van der Waals surface area contributed by atoms with Gasteiger partial charge in [0, 0.05) is 64.1 Å². The van der Waals surface area contributed by atoms with E-state index >= 15 is 0 Å². The molecule has 0 saturated carbocycles. The predicted molar refractivity (Wildman–Crippen MR) is 115 cm³/mol. The van der Waals surface area contributed by atoms with E-state index < -0.39 is 0 Å². The number of aromatic nitrogens is 3. The number of amides is 2. The van der Waals surface area contributed by atoms with Crippen molar-refractivity contribution in [3.05, 3.63) is 48.5 Å². The van der Waals surface area contributed by atoms with E-state index in [1.807, 2.05) is 48.1 Å². The Morgan fingerprint density at radius 2 is 2.10 bits per heavy atom. The second-order valence-corrected chi connectivity index (χ2v) is 8.18. The summed E-state index contributed by atoms with van der Waals surface area (Å²) in [6, 6.07) is 5.70. The van der Waals surface area contributed by atoms with Gasteiger partial charge in [0.1, 0.15) is 0 Å². The number of carbonyl (C=O) groups is 2. The van der Waals surface area contributed by atoms with E-state index in [2.05, 4.69) is 20.3 Å². The molecule has 1 N–H and O–H groups in total. The maximum atomic E-state index is 12.9. The van der Waals surface area contributed by atoms with E-state index in [9.17, 15) is 9.59 Å². The lowest BCUT2D eigenvalue weighted by Crippen LogP contribution is -2.42. The highest BCUT2D eigenvalue weighted by atomic mass is 16.2. The van der Waals surface area contributed by atoms with Gasteiger partial charge in [0.05, 0.1) is 12.3 Å². The van der Waals surface area contributed by atoms with Crippen molar-refractivity contribution in [2.24, 2.45) is 5.92 Å². The number of hydrogen-bond acceptors (Lipinski definition) is 5. The number of hydrogen-bond donors (Lipinski definition) is 1. The largest absolute Gasteiger partial charge is 0.352 e. The van der Waals surface area contributed by atoms with Crippen LogP contribution in [0.3, 0.4) is 0 Å². The van der Waals surface area contributed by atoms with Crippen LogP contribution in [0.25, 0.3) is 0 Å². The molecular weight excluding hydrogens is 380 g/mol. The van der Waals surface area contributed by atoms with E-state index in [1.165, 1.54) is 0 Å². The molecule has 0 aliphatic carbocycles. The molecule has 2 aromatic heterocycles. The molecule has 3 heterocycles. The maximum Gasteiger partial charge on any atom is 0.226 e. The van der Waals surface area contributed by atoms with E-state index in [1.54, 1.807) is 18.6 Å². The molecule has 0 aromatic carbocycles. The fourth-order valence-electron chi connectivity index (χ4n) is 4.02. The lowest BCUT2D eigenvalue weighted by molar-refractivity contribution is -0.134. The molecule has 2 amide bonds. The van der Waals surface area contributed by atoms with Gasteiger partial charge in [0.15, 0.2) is 0 Å². The molecule has 1 aliphatic heterocycles. The molecule has 8 heteroatoms. The van der Waals surface area contributed by atoms with Crippen LogP contribution in [0.15, 0.2) is 43.0 Å². The molecule has 0 radical (unpaired) electrons. The minimum Gasteiger partial charge on any atom is -0.352 e. The number of likely N-dealkylation sites (N-methyl/N-ethyl adjacent to an activating group) is 1. The van der Waals surface area contributed by atoms with Gasteiger partial charge >= 0.3 is 0 Å². The van der Waals surface area contributed by atoms with Gasteiger partial charge in [0.25, 0.3) is 0 Å². The third-order valence-corrected chi connectivity index (χ3v) is 5.55. The van der Waals surface area contributed by atoms with Crippen molar-refractivity contribution in [1.29, 1.82) is 0 Å². The van der Waals surface area contributed by atoms with Gasteiger partial charge < -0.3 is 15.1 Å². The highest BCUT2D eigenvalue weighted by Crippen LogP contribution is 2.18. The van der Waals surface area contributed by atoms with Crippen molar-refractivity contribution in [1.82, 2.24) is 29.9 Å². The van der Waals surface area contributed by atoms with E-state index in [-0.39, 0.29) is 23.8 Å². The average Bonchev–Trinajstić information content (AvgIpc) is 3.17. The van der Waals surface area contributed by atoms with Crippen molar-refractivity contribution in [3.8, 4) is 0 Å². The van der Waals surface area contributed by atoms with E-state index in [0.717, 1.165) is 44.5 Å². The Kier molecular flexibility index (Phi) is 7.96. The molecular formula is C22H32N6O2. The fourth-order valence-corrected chi connectivity index (χ4v) is 4.02. The van der Waals surface area contributed by atoms with Gasteiger partial charge in [0.2, 0.25) is 11.8 Å². The second-order valence-electron chi connectivity index (χ2n) is 8.18. The molecule has 1 fully saturated rings. The Morgan fingerprint density at radius 3 is 2.83 bits per heavy atom. The standard InChI is InChI=1S/C22H32N6O2/c1-26-16-19(22(30)27(2)11-5-13-28-12-4-10-24-28)7-8-20(17-26)25-21(29)14-18-6-3-9-23-15-18/h3-4,6,9-10,12,15,19-20H,5,7-8,11,13-14,16-17H2,1-2H3,(H,25,29)/t19-,20+/m1/s1. The molecule has 0 unspecified atom stereocenters. The zero-order chi connectivity index (χ0) is 21.3. The Labute approximate surface area is 178 Å². The van der Waals surface area contributed by atoms with Gasteiger partial charge in [-0.1, -0.05) is 6.07 Å². The Bertz CT molecular complexity index is 795. The van der Waals surface area contributed by atoms with Crippen molar-refractivity contribution in [2.45, 2.75) is 38.3 Å². The number of likely N-dealkylation sites (tertiary alicyclic amines) is 1. The van der Waals surface area contributed by atoms with Crippen LogP contribution in [0, 0.1) is 5.92 Å². The maximum absolute atomic E-state index is 12.9. The summed E-state index contributed by atoms with van der Waals surface area (Å²) in [6.07, 6.45) is 9.91. The summed E-state index contributed by atoms with van der Waals surface area (Å²) in [5.41, 5.74) is 0.904. The van der Waals surface area contributed by atoms with Crippen LogP contribution in [-0.4, -0.2) is 76.2 Å². The van der Waals surface area contributed by atoms with Crippen LogP contribution in [0.4, 0.5) is 0 Å². The molecule has 0 spiro atoms. The number of nitrogens with one attached hydrogen (secondary N) is 1. The molecule has 0 bridgehead atoms. The van der Waals surface area contributed by atoms with E-state index in [4.69, 9.17) is 0 Å². The molecule has 3 rings (SSSR count). The predicted octanol–water partition coefficient (Wildman–Crippen LogP) is 1.20. The van der Waals surface area contributed by atoms with Crippen LogP contribution in [-0.2, 0) is 22.6 Å². The van der Waals surface area contributed by atoms with Crippen LogP contribution >= 0.6 is 0 Å². The summed E-state index contributed by atoms with van der Waals surface area (Å²) in [4.78, 5) is 33.4. The first-order chi connectivity index (χ1) is 14.5. The highest BCUT2D eigenvalue weighted by Gasteiger charge is 2.29. The summed E-state index contributed by atoms with van der Waals surface area (Å²) in [5.74, 6) is 0.150.